The highest BCUT2D eigenvalue weighted by atomic mass is 32.2. The van der Waals surface area contributed by atoms with Crippen LogP contribution in [0.25, 0.3) is 0 Å². The molecule has 0 unspecified atom stereocenters. The van der Waals surface area contributed by atoms with E-state index >= 15 is 0 Å². The molecule has 0 aliphatic carbocycles. The number of amides is 1. The lowest BCUT2D eigenvalue weighted by molar-refractivity contribution is -0.148. The largest absolute Gasteiger partial charge is 0.454 e. The Morgan fingerprint density at radius 3 is 2.17 bits per heavy atom. The Hall–Kier alpha value is -2.91. The van der Waals surface area contributed by atoms with Crippen LogP contribution >= 0.6 is 0 Å². The van der Waals surface area contributed by atoms with Gasteiger partial charge in [-0.2, -0.15) is 4.72 Å². The van der Waals surface area contributed by atoms with Crippen molar-refractivity contribution >= 4 is 33.3 Å². The minimum Gasteiger partial charge on any atom is -0.454 e. The molecule has 8 nitrogen and oxygen atoms in total. The average molecular weight is 420 g/mol. The number of anilines is 2. The maximum absolute atomic E-state index is 12.3. The van der Waals surface area contributed by atoms with Crippen LogP contribution in [0.3, 0.4) is 0 Å². The molecule has 0 bridgehead atoms. The van der Waals surface area contributed by atoms with Crippen LogP contribution in [-0.2, 0) is 24.3 Å². The Morgan fingerprint density at radius 1 is 1.03 bits per heavy atom. The zero-order valence-electron chi connectivity index (χ0n) is 16.8. The number of esters is 1. The summed E-state index contributed by atoms with van der Waals surface area (Å²) in [5.74, 6) is -1.37. The molecule has 29 heavy (non-hydrogen) atoms. The second-order valence-electron chi connectivity index (χ2n) is 6.75. The van der Waals surface area contributed by atoms with Gasteiger partial charge in [0.2, 0.25) is 10.0 Å². The minimum atomic E-state index is -3.87. The fraction of sp³-hybridized carbons (Fsp3) is 0.300. The van der Waals surface area contributed by atoms with Crippen LogP contribution in [0.4, 0.5) is 11.4 Å². The number of carbonyl (C=O) groups is 2. The molecule has 2 rings (SSSR count). The smallest absolute Gasteiger partial charge is 0.324 e. The van der Waals surface area contributed by atoms with Crippen molar-refractivity contribution in [2.45, 2.75) is 24.8 Å². The van der Waals surface area contributed by atoms with Gasteiger partial charge >= 0.3 is 5.97 Å². The molecule has 2 aromatic carbocycles. The first-order valence-corrected chi connectivity index (χ1v) is 10.4. The lowest BCUT2D eigenvalue weighted by atomic mass is 10.2. The highest BCUT2D eigenvalue weighted by molar-refractivity contribution is 7.89. The van der Waals surface area contributed by atoms with E-state index in [4.69, 9.17) is 4.74 Å². The minimum absolute atomic E-state index is 0.0432. The number of ether oxygens (including phenoxy) is 1. The molecule has 1 atom stereocenters. The van der Waals surface area contributed by atoms with Crippen molar-refractivity contribution in [2.75, 3.05) is 30.9 Å². The number of hydrogen-bond donors (Lipinski definition) is 2. The highest BCUT2D eigenvalue weighted by Crippen LogP contribution is 2.15. The van der Waals surface area contributed by atoms with Crippen LogP contribution < -0.4 is 14.9 Å². The SMILES string of the molecule is Cc1ccc(S(=O)(=O)N[C@@H](C)C(=O)OCC(=O)Nc2ccc(N(C)C)cc2)cc1. The van der Waals surface area contributed by atoms with Crippen LogP contribution in [-0.4, -0.2) is 47.0 Å². The molecule has 156 valence electrons. The van der Waals surface area contributed by atoms with Crippen molar-refractivity contribution < 1.29 is 22.7 Å². The van der Waals surface area contributed by atoms with Crippen LogP contribution in [0.15, 0.2) is 53.4 Å². The van der Waals surface area contributed by atoms with Crippen molar-refractivity contribution in [1.82, 2.24) is 4.72 Å². The molecule has 0 heterocycles. The molecule has 2 aromatic rings. The van der Waals surface area contributed by atoms with Gasteiger partial charge in [0, 0.05) is 25.5 Å². The number of hydrogen-bond acceptors (Lipinski definition) is 6. The highest BCUT2D eigenvalue weighted by Gasteiger charge is 2.23. The molecule has 9 heteroatoms. The second kappa shape index (κ2) is 9.53. The summed E-state index contributed by atoms with van der Waals surface area (Å²) in [5, 5.41) is 2.61. The average Bonchev–Trinajstić information content (AvgIpc) is 2.66. The number of nitrogens with zero attached hydrogens (tertiary/aromatic N) is 1. The van der Waals surface area contributed by atoms with E-state index in [1.165, 1.54) is 19.1 Å². The van der Waals surface area contributed by atoms with E-state index in [-0.39, 0.29) is 4.90 Å². The van der Waals surface area contributed by atoms with Gasteiger partial charge in [-0.15, -0.1) is 0 Å². The molecule has 1 amide bonds. The summed E-state index contributed by atoms with van der Waals surface area (Å²) in [6, 6.07) is 12.2. The fourth-order valence-corrected chi connectivity index (χ4v) is 3.56. The van der Waals surface area contributed by atoms with Gasteiger partial charge in [0.25, 0.3) is 5.91 Å². The molecule has 0 saturated heterocycles. The zero-order valence-corrected chi connectivity index (χ0v) is 17.6. The summed E-state index contributed by atoms with van der Waals surface area (Å²) in [4.78, 5) is 26.0. The first kappa shape index (κ1) is 22.4. The molecular weight excluding hydrogens is 394 g/mol. The van der Waals surface area contributed by atoms with Crippen molar-refractivity contribution in [3.63, 3.8) is 0 Å². The summed E-state index contributed by atoms with van der Waals surface area (Å²) in [6.07, 6.45) is 0. The Balaban J connectivity index is 1.85. The van der Waals surface area contributed by atoms with Gasteiger partial charge in [-0.05, 0) is 50.2 Å². The molecule has 2 N–H and O–H groups in total. The third-order valence-electron chi connectivity index (χ3n) is 4.03. The van der Waals surface area contributed by atoms with Crippen LogP contribution in [0.5, 0.6) is 0 Å². The normalized spacial score (nSPS) is 12.1. The number of rotatable bonds is 8. The Bertz CT molecular complexity index is 955. The molecule has 0 fully saturated rings. The lowest BCUT2D eigenvalue weighted by Crippen LogP contribution is -2.40. The van der Waals surface area contributed by atoms with Gasteiger partial charge in [-0.1, -0.05) is 17.7 Å². The maximum Gasteiger partial charge on any atom is 0.324 e. The van der Waals surface area contributed by atoms with Crippen molar-refractivity contribution in [1.29, 1.82) is 0 Å². The maximum atomic E-state index is 12.3. The molecule has 0 spiro atoms. The number of aryl methyl sites for hydroxylation is 1. The predicted octanol–water partition coefficient (Wildman–Crippen LogP) is 1.91. The summed E-state index contributed by atoms with van der Waals surface area (Å²) in [6.45, 7) is 2.67. The summed E-state index contributed by atoms with van der Waals surface area (Å²) in [7, 11) is -0.0669. The van der Waals surface area contributed by atoms with Gasteiger partial charge in [0.1, 0.15) is 6.04 Å². The number of benzene rings is 2. The van der Waals surface area contributed by atoms with E-state index in [9.17, 15) is 18.0 Å². The summed E-state index contributed by atoms with van der Waals surface area (Å²) < 4.78 is 31.8. The predicted molar refractivity (Wildman–Crippen MR) is 111 cm³/mol. The van der Waals surface area contributed by atoms with Crippen molar-refractivity contribution in [2.24, 2.45) is 0 Å². The van der Waals surface area contributed by atoms with Crippen LogP contribution in [0.2, 0.25) is 0 Å². The van der Waals surface area contributed by atoms with Crippen LogP contribution in [0.1, 0.15) is 12.5 Å². The van der Waals surface area contributed by atoms with E-state index < -0.39 is 34.5 Å². The third-order valence-corrected chi connectivity index (χ3v) is 5.59. The van der Waals surface area contributed by atoms with E-state index in [1.807, 2.05) is 38.1 Å². The first-order valence-electron chi connectivity index (χ1n) is 8.91. The number of carbonyl (C=O) groups excluding carboxylic acids is 2. The Kier molecular flexibility index (Phi) is 7.35. The molecule has 0 aromatic heterocycles. The van der Waals surface area contributed by atoms with Crippen molar-refractivity contribution in [3.05, 3.63) is 54.1 Å². The summed E-state index contributed by atoms with van der Waals surface area (Å²) in [5.41, 5.74) is 2.45. The Morgan fingerprint density at radius 2 is 1.62 bits per heavy atom. The lowest BCUT2D eigenvalue weighted by Gasteiger charge is -2.14. The standard InChI is InChI=1S/C20H25N3O5S/c1-14-5-11-18(12-6-14)29(26,27)22-15(2)20(25)28-13-19(24)21-16-7-9-17(10-8-16)23(3)4/h5-12,15,22H,13H2,1-4H3,(H,21,24)/t15-/m0/s1. The quantitative estimate of drug-likeness (QED) is 0.634. The van der Waals surface area contributed by atoms with Crippen molar-refractivity contribution in [3.8, 4) is 0 Å². The molecular formula is C20H25N3O5S. The van der Waals surface area contributed by atoms with Gasteiger partial charge in [0.15, 0.2) is 6.61 Å². The van der Waals surface area contributed by atoms with E-state index in [0.717, 1.165) is 11.3 Å². The number of nitrogens with one attached hydrogen (secondary N) is 2. The monoisotopic (exact) mass is 419 g/mol. The molecule has 0 saturated carbocycles. The van der Waals surface area contributed by atoms with E-state index in [0.29, 0.717) is 5.69 Å². The Labute approximate surface area is 170 Å². The second-order valence-corrected chi connectivity index (χ2v) is 8.47. The molecule has 0 radical (unpaired) electrons. The molecule has 0 aliphatic rings. The fourth-order valence-electron chi connectivity index (χ4n) is 2.37. The first-order chi connectivity index (χ1) is 13.6. The van der Waals surface area contributed by atoms with Gasteiger partial charge < -0.3 is 15.0 Å². The van der Waals surface area contributed by atoms with Gasteiger partial charge in [0.05, 0.1) is 4.90 Å². The topological polar surface area (TPSA) is 105 Å². The number of sulfonamides is 1. The third kappa shape index (κ3) is 6.58. The van der Waals surface area contributed by atoms with Gasteiger partial charge in [-0.25, -0.2) is 8.42 Å². The van der Waals surface area contributed by atoms with E-state index in [2.05, 4.69) is 10.0 Å². The van der Waals surface area contributed by atoms with Crippen LogP contribution in [0, 0.1) is 6.92 Å². The summed E-state index contributed by atoms with van der Waals surface area (Å²) >= 11 is 0. The van der Waals surface area contributed by atoms with E-state index in [1.54, 1.807) is 24.3 Å². The van der Waals surface area contributed by atoms with Gasteiger partial charge in [-0.3, -0.25) is 9.59 Å². The molecule has 0 aliphatic heterocycles. The zero-order chi connectivity index (χ0) is 21.6.